The van der Waals surface area contributed by atoms with Crippen LogP contribution < -0.4 is 0 Å². The second kappa shape index (κ2) is 6.03. The van der Waals surface area contributed by atoms with Gasteiger partial charge in [0.1, 0.15) is 11.3 Å². The molecule has 1 fully saturated rings. The highest BCUT2D eigenvalue weighted by atomic mass is 16.5. The minimum absolute atomic E-state index is 0.179. The Morgan fingerprint density at radius 2 is 2.07 bits per heavy atom. The van der Waals surface area contributed by atoms with Crippen LogP contribution in [0.3, 0.4) is 0 Å². The van der Waals surface area contributed by atoms with E-state index in [0.717, 1.165) is 27.7 Å². The Hall–Kier alpha value is -3.45. The number of rotatable bonds is 3. The number of likely N-dealkylation sites (tertiary alicyclic amines) is 1. The Kier molecular flexibility index (Phi) is 3.60. The normalized spacial score (nSPS) is 19.6. The fourth-order valence-corrected chi connectivity index (χ4v) is 3.73. The van der Waals surface area contributed by atoms with Crippen molar-refractivity contribution in [1.29, 1.82) is 0 Å². The van der Waals surface area contributed by atoms with Crippen molar-refractivity contribution in [1.82, 2.24) is 20.0 Å². The van der Waals surface area contributed by atoms with Crippen molar-refractivity contribution in [3.8, 4) is 22.4 Å². The second-order valence-electron chi connectivity index (χ2n) is 7.10. The first-order valence-electron chi connectivity index (χ1n) is 9.04. The van der Waals surface area contributed by atoms with Gasteiger partial charge in [-0.3, -0.25) is 4.79 Å². The molecule has 7 nitrogen and oxygen atoms in total. The van der Waals surface area contributed by atoms with Crippen LogP contribution in [0.4, 0.5) is 0 Å². The van der Waals surface area contributed by atoms with Gasteiger partial charge in [0.2, 0.25) is 5.60 Å². The predicted molar refractivity (Wildman–Crippen MR) is 103 cm³/mol. The Morgan fingerprint density at radius 1 is 1.21 bits per heavy atom. The fraction of sp³-hybridized carbons (Fsp3) is 0.190. The highest BCUT2D eigenvalue weighted by Crippen LogP contribution is 2.36. The first-order chi connectivity index (χ1) is 13.6. The molecule has 4 heterocycles. The highest BCUT2D eigenvalue weighted by Gasteiger charge is 2.48. The third kappa shape index (κ3) is 2.44. The van der Waals surface area contributed by atoms with Crippen molar-refractivity contribution < 1.29 is 14.4 Å². The van der Waals surface area contributed by atoms with Crippen LogP contribution in [0.5, 0.6) is 0 Å². The van der Waals surface area contributed by atoms with Gasteiger partial charge in [-0.05, 0) is 23.8 Å². The lowest BCUT2D eigenvalue weighted by atomic mass is 9.97. The standard InChI is InChI=1S/C21H18N4O3/c1-25-9-7-21(27,20(25)26)18-11-17(24-28-18)14-5-2-4-13(10-14)16-12-23-19-15(16)6-3-8-22-19/h2-6,8,10-12,27H,7,9H2,1H3,(H,22,23)/t21-/m1/s1. The molecule has 0 bridgehead atoms. The molecule has 1 aliphatic rings. The molecule has 3 aromatic heterocycles. The smallest absolute Gasteiger partial charge is 0.262 e. The Morgan fingerprint density at radius 3 is 2.89 bits per heavy atom. The summed E-state index contributed by atoms with van der Waals surface area (Å²) in [4.78, 5) is 21.3. The van der Waals surface area contributed by atoms with E-state index >= 15 is 0 Å². The highest BCUT2D eigenvalue weighted by molar-refractivity contribution is 5.94. The van der Waals surface area contributed by atoms with E-state index in [-0.39, 0.29) is 11.7 Å². The zero-order valence-electron chi connectivity index (χ0n) is 15.2. The van der Waals surface area contributed by atoms with Crippen molar-refractivity contribution in [3.05, 3.63) is 60.6 Å². The molecule has 1 atom stereocenters. The molecule has 0 radical (unpaired) electrons. The molecular weight excluding hydrogens is 356 g/mol. The van der Waals surface area contributed by atoms with Crippen LogP contribution in [-0.4, -0.2) is 44.6 Å². The molecule has 7 heteroatoms. The zero-order valence-corrected chi connectivity index (χ0v) is 15.2. The van der Waals surface area contributed by atoms with E-state index in [1.54, 1.807) is 19.3 Å². The van der Waals surface area contributed by atoms with Crippen molar-refractivity contribution in [2.24, 2.45) is 0 Å². The number of hydrogen-bond acceptors (Lipinski definition) is 5. The average molecular weight is 374 g/mol. The summed E-state index contributed by atoms with van der Waals surface area (Å²) in [5.41, 5.74) is 2.66. The summed E-state index contributed by atoms with van der Waals surface area (Å²) in [6.45, 7) is 0.482. The Bertz CT molecular complexity index is 1200. The number of carbonyl (C=O) groups excluding carboxylic acids is 1. The monoisotopic (exact) mass is 374 g/mol. The number of amides is 1. The molecule has 1 saturated heterocycles. The SMILES string of the molecule is CN1CC[C@@](O)(c2cc(-c3cccc(-c4c[nH]c5ncccc45)c3)no2)C1=O. The van der Waals surface area contributed by atoms with Crippen molar-refractivity contribution in [3.63, 3.8) is 0 Å². The van der Waals surface area contributed by atoms with Gasteiger partial charge in [0.15, 0.2) is 5.76 Å². The van der Waals surface area contributed by atoms with Gasteiger partial charge in [0, 0.05) is 55.0 Å². The van der Waals surface area contributed by atoms with Gasteiger partial charge in [-0.15, -0.1) is 0 Å². The number of benzene rings is 1. The maximum absolute atomic E-state index is 12.3. The van der Waals surface area contributed by atoms with E-state index in [1.165, 1.54) is 4.90 Å². The van der Waals surface area contributed by atoms with Gasteiger partial charge in [0.05, 0.1) is 0 Å². The number of pyridine rings is 1. The summed E-state index contributed by atoms with van der Waals surface area (Å²) >= 11 is 0. The first-order valence-corrected chi connectivity index (χ1v) is 9.04. The van der Waals surface area contributed by atoms with Gasteiger partial charge >= 0.3 is 0 Å². The molecule has 4 aromatic rings. The molecule has 140 valence electrons. The first kappa shape index (κ1) is 16.7. The number of nitrogens with one attached hydrogen (secondary N) is 1. The summed E-state index contributed by atoms with van der Waals surface area (Å²) in [5, 5.41) is 15.9. The van der Waals surface area contributed by atoms with Crippen molar-refractivity contribution in [2.45, 2.75) is 12.0 Å². The largest absolute Gasteiger partial charge is 0.373 e. The predicted octanol–water partition coefficient (Wildman–Crippen LogP) is 2.93. The molecule has 5 rings (SSSR count). The summed E-state index contributed by atoms with van der Waals surface area (Å²) in [5.74, 6) is -0.186. The van der Waals surface area contributed by atoms with E-state index in [2.05, 4.69) is 15.1 Å². The summed E-state index contributed by atoms with van der Waals surface area (Å²) in [7, 11) is 1.66. The van der Waals surface area contributed by atoms with E-state index in [0.29, 0.717) is 18.7 Å². The molecule has 28 heavy (non-hydrogen) atoms. The van der Waals surface area contributed by atoms with Gasteiger partial charge in [0.25, 0.3) is 5.91 Å². The summed E-state index contributed by atoms with van der Waals surface area (Å²) < 4.78 is 5.36. The van der Waals surface area contributed by atoms with Crippen LogP contribution in [-0.2, 0) is 10.4 Å². The summed E-state index contributed by atoms with van der Waals surface area (Å²) in [6.07, 6.45) is 3.97. The van der Waals surface area contributed by atoms with Gasteiger partial charge < -0.3 is 19.5 Å². The minimum Gasteiger partial charge on any atom is -0.373 e. The van der Waals surface area contributed by atoms with Crippen LogP contribution in [0.15, 0.2) is 59.4 Å². The van der Waals surface area contributed by atoms with Crippen LogP contribution in [0.2, 0.25) is 0 Å². The van der Waals surface area contributed by atoms with Crippen LogP contribution in [0, 0.1) is 0 Å². The molecule has 0 spiro atoms. The summed E-state index contributed by atoms with van der Waals surface area (Å²) in [6, 6.07) is 13.5. The van der Waals surface area contributed by atoms with Crippen LogP contribution >= 0.6 is 0 Å². The number of likely N-dealkylation sites (N-methyl/N-ethyl adjacent to an activating group) is 1. The Balaban J connectivity index is 1.53. The third-order valence-corrected chi connectivity index (χ3v) is 5.35. The zero-order chi connectivity index (χ0) is 19.3. The number of aliphatic hydroxyl groups is 1. The van der Waals surface area contributed by atoms with Crippen LogP contribution in [0.25, 0.3) is 33.4 Å². The van der Waals surface area contributed by atoms with E-state index in [4.69, 9.17) is 4.52 Å². The molecule has 0 aliphatic carbocycles. The molecule has 0 unspecified atom stereocenters. The molecule has 0 saturated carbocycles. The molecule has 1 aliphatic heterocycles. The number of aromatic nitrogens is 3. The molecule has 2 N–H and O–H groups in total. The van der Waals surface area contributed by atoms with Crippen molar-refractivity contribution in [2.75, 3.05) is 13.6 Å². The number of carbonyl (C=O) groups is 1. The Labute approximate surface area is 160 Å². The van der Waals surface area contributed by atoms with E-state index < -0.39 is 5.60 Å². The van der Waals surface area contributed by atoms with Crippen LogP contribution in [0.1, 0.15) is 12.2 Å². The fourth-order valence-electron chi connectivity index (χ4n) is 3.73. The molecule has 1 aromatic carbocycles. The van der Waals surface area contributed by atoms with Gasteiger partial charge in [-0.2, -0.15) is 0 Å². The number of fused-ring (bicyclic) bond motifs is 1. The minimum atomic E-state index is -1.64. The van der Waals surface area contributed by atoms with Crippen molar-refractivity contribution >= 4 is 16.9 Å². The molecular formula is C21H18N4O3. The van der Waals surface area contributed by atoms with E-state index in [9.17, 15) is 9.90 Å². The number of hydrogen-bond donors (Lipinski definition) is 2. The maximum atomic E-state index is 12.3. The maximum Gasteiger partial charge on any atom is 0.262 e. The topological polar surface area (TPSA) is 95.2 Å². The van der Waals surface area contributed by atoms with Gasteiger partial charge in [-0.25, -0.2) is 4.98 Å². The van der Waals surface area contributed by atoms with Gasteiger partial charge in [-0.1, -0.05) is 23.4 Å². The van der Waals surface area contributed by atoms with E-state index in [1.807, 2.05) is 42.6 Å². The molecule has 1 amide bonds. The number of H-pyrrole nitrogens is 1. The number of aromatic amines is 1. The lowest BCUT2D eigenvalue weighted by molar-refractivity contribution is -0.144. The quantitative estimate of drug-likeness (QED) is 0.575. The lowest BCUT2D eigenvalue weighted by Crippen LogP contribution is -2.35. The second-order valence-corrected chi connectivity index (χ2v) is 7.10. The lowest BCUT2D eigenvalue weighted by Gasteiger charge is -2.16. The number of nitrogens with zero attached hydrogens (tertiary/aromatic N) is 3. The average Bonchev–Trinajstić information content (AvgIpc) is 3.44. The third-order valence-electron chi connectivity index (χ3n) is 5.35.